The minimum Gasteiger partial charge on any atom is -0.488 e. The number of halogens is 1. The smallest absolute Gasteiger partial charge is 0.124 e. The summed E-state index contributed by atoms with van der Waals surface area (Å²) in [6, 6.07) is 8.41. The molecule has 0 aliphatic heterocycles. The lowest BCUT2D eigenvalue weighted by molar-refractivity contribution is 0.303. The second kappa shape index (κ2) is 6.95. The van der Waals surface area contributed by atoms with E-state index in [0.717, 1.165) is 16.8 Å². The first-order chi connectivity index (χ1) is 9.85. The fourth-order valence-corrected chi connectivity index (χ4v) is 3.30. The number of benzene rings is 1. The summed E-state index contributed by atoms with van der Waals surface area (Å²) in [6.07, 6.45) is 0. The highest BCUT2D eigenvalue weighted by atomic mass is 79.9. The van der Waals surface area contributed by atoms with E-state index in [-0.39, 0.29) is 5.54 Å². The summed E-state index contributed by atoms with van der Waals surface area (Å²) in [6.45, 7) is 10.0. The number of hydrogen-bond acceptors (Lipinski definition) is 3. The summed E-state index contributed by atoms with van der Waals surface area (Å²) in [4.78, 5) is 1.21. The predicted molar refractivity (Wildman–Crippen MR) is 94.1 cm³/mol. The molecule has 2 rings (SSSR count). The van der Waals surface area contributed by atoms with Gasteiger partial charge in [0.2, 0.25) is 0 Å². The summed E-state index contributed by atoms with van der Waals surface area (Å²) in [7, 11) is 0. The van der Waals surface area contributed by atoms with Crippen molar-refractivity contribution in [2.45, 2.75) is 46.4 Å². The maximum Gasteiger partial charge on any atom is 0.124 e. The van der Waals surface area contributed by atoms with Crippen molar-refractivity contribution in [3.05, 3.63) is 50.1 Å². The van der Waals surface area contributed by atoms with Gasteiger partial charge in [-0.1, -0.05) is 17.7 Å². The van der Waals surface area contributed by atoms with Crippen molar-refractivity contribution >= 4 is 27.3 Å². The Bertz CT molecular complexity index is 601. The third kappa shape index (κ3) is 5.13. The largest absolute Gasteiger partial charge is 0.488 e. The summed E-state index contributed by atoms with van der Waals surface area (Å²) < 4.78 is 7.14. The lowest BCUT2D eigenvalue weighted by atomic mass is 10.1. The van der Waals surface area contributed by atoms with Crippen LogP contribution in [0.25, 0.3) is 0 Å². The highest BCUT2D eigenvalue weighted by molar-refractivity contribution is 9.10. The first kappa shape index (κ1) is 16.5. The van der Waals surface area contributed by atoms with Gasteiger partial charge >= 0.3 is 0 Å². The van der Waals surface area contributed by atoms with Crippen LogP contribution in [0.5, 0.6) is 5.75 Å². The molecule has 0 aliphatic rings. The number of nitrogens with one attached hydrogen (secondary N) is 1. The normalized spacial score (nSPS) is 11.7. The molecule has 1 aromatic carbocycles. The third-order valence-electron chi connectivity index (χ3n) is 3.07. The second-order valence-corrected chi connectivity index (χ2v) is 8.05. The monoisotopic (exact) mass is 367 g/mol. The molecule has 1 aromatic heterocycles. The molecule has 0 saturated carbocycles. The minimum atomic E-state index is 0.0950. The molecular formula is C17H22BrNOS. The average molecular weight is 368 g/mol. The molecule has 2 aromatic rings. The van der Waals surface area contributed by atoms with Crippen LogP contribution in [0.15, 0.2) is 34.1 Å². The topological polar surface area (TPSA) is 21.3 Å². The maximum absolute atomic E-state index is 6.02. The van der Waals surface area contributed by atoms with Gasteiger partial charge in [-0.3, -0.25) is 0 Å². The van der Waals surface area contributed by atoms with Crippen molar-refractivity contribution in [2.24, 2.45) is 0 Å². The Morgan fingerprint density at radius 1 is 1.24 bits per heavy atom. The Labute approximate surface area is 139 Å². The highest BCUT2D eigenvalue weighted by Gasteiger charge is 2.12. The van der Waals surface area contributed by atoms with Crippen molar-refractivity contribution in [1.29, 1.82) is 0 Å². The van der Waals surface area contributed by atoms with Crippen LogP contribution in [-0.4, -0.2) is 5.54 Å². The zero-order valence-corrected chi connectivity index (χ0v) is 15.4. The summed E-state index contributed by atoms with van der Waals surface area (Å²) in [5.74, 6) is 0.956. The van der Waals surface area contributed by atoms with Gasteiger partial charge in [0.15, 0.2) is 0 Å². The number of hydrogen-bond donors (Lipinski definition) is 1. The standard InChI is InChI=1S/C17H22BrNOS/c1-12-5-6-15(13(9-12)10-19-17(2,3)4)20-11-16-14(18)7-8-21-16/h5-9,19H,10-11H2,1-4H3. The van der Waals surface area contributed by atoms with Crippen LogP contribution in [-0.2, 0) is 13.2 Å². The molecule has 0 atom stereocenters. The minimum absolute atomic E-state index is 0.0950. The van der Waals surface area contributed by atoms with Crippen LogP contribution in [0, 0.1) is 6.92 Å². The van der Waals surface area contributed by atoms with Crippen molar-refractivity contribution in [3.63, 3.8) is 0 Å². The summed E-state index contributed by atoms with van der Waals surface area (Å²) >= 11 is 5.25. The first-order valence-electron chi connectivity index (χ1n) is 7.04. The molecule has 0 spiro atoms. The SMILES string of the molecule is Cc1ccc(OCc2sccc2Br)c(CNC(C)(C)C)c1. The maximum atomic E-state index is 6.02. The Morgan fingerprint density at radius 3 is 2.62 bits per heavy atom. The van der Waals surface area contributed by atoms with Crippen LogP contribution >= 0.6 is 27.3 Å². The zero-order chi connectivity index (χ0) is 15.5. The molecule has 0 fully saturated rings. The zero-order valence-electron chi connectivity index (χ0n) is 13.0. The molecule has 1 heterocycles. The van der Waals surface area contributed by atoms with Crippen LogP contribution in [0.3, 0.4) is 0 Å². The molecule has 0 bridgehead atoms. The van der Waals surface area contributed by atoms with E-state index >= 15 is 0 Å². The number of rotatable bonds is 5. The van der Waals surface area contributed by atoms with Gasteiger partial charge in [0.1, 0.15) is 12.4 Å². The molecule has 0 amide bonds. The van der Waals surface area contributed by atoms with E-state index in [4.69, 9.17) is 4.74 Å². The fraction of sp³-hybridized carbons (Fsp3) is 0.412. The molecular weight excluding hydrogens is 346 g/mol. The Kier molecular flexibility index (Phi) is 5.47. The molecule has 2 nitrogen and oxygen atoms in total. The molecule has 0 saturated heterocycles. The predicted octanol–water partition coefficient (Wildman–Crippen LogP) is 5.29. The number of thiophene rings is 1. The molecule has 0 aliphatic carbocycles. The molecule has 1 N–H and O–H groups in total. The summed E-state index contributed by atoms with van der Waals surface area (Å²) in [5.41, 5.74) is 2.56. The van der Waals surface area contributed by atoms with E-state index in [9.17, 15) is 0 Å². The average Bonchev–Trinajstić information content (AvgIpc) is 2.80. The molecule has 114 valence electrons. The van der Waals surface area contributed by atoms with Gasteiger partial charge in [0, 0.05) is 22.1 Å². The van der Waals surface area contributed by atoms with E-state index in [1.54, 1.807) is 11.3 Å². The van der Waals surface area contributed by atoms with E-state index in [1.165, 1.54) is 16.0 Å². The second-order valence-electron chi connectivity index (χ2n) is 6.20. The van der Waals surface area contributed by atoms with Gasteiger partial charge in [-0.05, 0) is 61.1 Å². The van der Waals surface area contributed by atoms with Crippen molar-refractivity contribution < 1.29 is 4.74 Å². The number of aryl methyl sites for hydroxylation is 1. The van der Waals surface area contributed by atoms with Crippen LogP contribution in [0.4, 0.5) is 0 Å². The van der Waals surface area contributed by atoms with Gasteiger partial charge in [0.05, 0.1) is 4.88 Å². The molecule has 21 heavy (non-hydrogen) atoms. The van der Waals surface area contributed by atoms with Crippen molar-refractivity contribution in [1.82, 2.24) is 5.32 Å². The first-order valence-corrected chi connectivity index (χ1v) is 8.71. The van der Waals surface area contributed by atoms with Gasteiger partial charge in [0.25, 0.3) is 0 Å². The number of ether oxygens (including phenoxy) is 1. The van der Waals surface area contributed by atoms with E-state index in [0.29, 0.717) is 6.61 Å². The lowest BCUT2D eigenvalue weighted by Gasteiger charge is -2.22. The van der Waals surface area contributed by atoms with Crippen LogP contribution in [0.1, 0.15) is 36.8 Å². The van der Waals surface area contributed by atoms with Gasteiger partial charge in [-0.2, -0.15) is 0 Å². The molecule has 0 radical (unpaired) electrons. The van der Waals surface area contributed by atoms with Crippen LogP contribution in [0.2, 0.25) is 0 Å². The van der Waals surface area contributed by atoms with Gasteiger partial charge < -0.3 is 10.1 Å². The summed E-state index contributed by atoms with van der Waals surface area (Å²) in [5, 5.41) is 5.59. The Hall–Kier alpha value is -0.840. The third-order valence-corrected chi connectivity index (χ3v) is 4.97. The molecule has 4 heteroatoms. The quantitative estimate of drug-likeness (QED) is 0.775. The van der Waals surface area contributed by atoms with Gasteiger partial charge in [-0.15, -0.1) is 11.3 Å². The fourth-order valence-electron chi connectivity index (χ4n) is 1.92. The lowest BCUT2D eigenvalue weighted by Crippen LogP contribution is -2.35. The Morgan fingerprint density at radius 2 is 2.00 bits per heavy atom. The van der Waals surface area contributed by atoms with Crippen molar-refractivity contribution in [3.8, 4) is 5.75 Å². The van der Waals surface area contributed by atoms with Gasteiger partial charge in [-0.25, -0.2) is 0 Å². The molecule has 0 unspecified atom stereocenters. The van der Waals surface area contributed by atoms with E-state index in [2.05, 4.69) is 78.6 Å². The van der Waals surface area contributed by atoms with Crippen molar-refractivity contribution in [2.75, 3.05) is 0 Å². The van der Waals surface area contributed by atoms with Crippen LogP contribution < -0.4 is 10.1 Å². The van der Waals surface area contributed by atoms with E-state index < -0.39 is 0 Å². The van der Waals surface area contributed by atoms with E-state index in [1.807, 2.05) is 0 Å². The highest BCUT2D eigenvalue weighted by Crippen LogP contribution is 2.26. The Balaban J connectivity index is 2.09.